The van der Waals surface area contributed by atoms with Crippen LogP contribution in [-0.4, -0.2) is 0 Å². The van der Waals surface area contributed by atoms with Crippen LogP contribution in [0.2, 0.25) is 0 Å². The molecule has 0 saturated heterocycles. The highest BCUT2D eigenvalue weighted by Crippen LogP contribution is 2.44. The lowest BCUT2D eigenvalue weighted by molar-refractivity contribution is 0.0970. The molecule has 70 valence electrons. The van der Waals surface area contributed by atoms with Crippen molar-refractivity contribution in [2.45, 2.75) is 52.4 Å². The fourth-order valence-corrected chi connectivity index (χ4v) is 3.11. The Bertz CT molecular complexity index is 136. The smallest absolute Gasteiger partial charge is 0.0381 e. The van der Waals surface area contributed by atoms with Gasteiger partial charge in [0.1, 0.15) is 0 Å². The van der Waals surface area contributed by atoms with Crippen molar-refractivity contribution in [3.8, 4) is 0 Å². The second-order valence-corrected chi connectivity index (χ2v) is 5.36. The molecule has 2 fully saturated rings. The van der Waals surface area contributed by atoms with Crippen molar-refractivity contribution >= 4 is 0 Å². The summed E-state index contributed by atoms with van der Waals surface area (Å²) in [4.78, 5) is 0. The molecule has 0 bridgehead atoms. The SMILES string of the molecule is CC1CCC(C2CC(C)C2)CC1. The standard InChI is InChI=1S/C12H22/c1-9-3-5-11(6-4-9)12-7-10(2)8-12/h9-12H,3-8H2,1-2H3. The largest absolute Gasteiger partial charge is 0.0625 e. The molecular weight excluding hydrogens is 144 g/mol. The molecule has 0 spiro atoms. The second-order valence-electron chi connectivity index (χ2n) is 5.36. The van der Waals surface area contributed by atoms with Gasteiger partial charge in [0.25, 0.3) is 0 Å². The highest BCUT2D eigenvalue weighted by Gasteiger charge is 2.33. The molecule has 0 heterocycles. The molecule has 2 aliphatic rings. The minimum absolute atomic E-state index is 1.03. The van der Waals surface area contributed by atoms with Crippen molar-refractivity contribution in [2.24, 2.45) is 23.7 Å². The Kier molecular flexibility index (Phi) is 2.43. The number of hydrogen-bond acceptors (Lipinski definition) is 0. The third-order valence-corrected chi connectivity index (χ3v) is 4.14. The van der Waals surface area contributed by atoms with E-state index in [0.717, 1.165) is 23.7 Å². The average Bonchev–Trinajstić information content (AvgIpc) is 2.01. The third-order valence-electron chi connectivity index (χ3n) is 4.14. The van der Waals surface area contributed by atoms with Crippen LogP contribution in [0.25, 0.3) is 0 Å². The van der Waals surface area contributed by atoms with Crippen LogP contribution in [0.4, 0.5) is 0 Å². The molecule has 0 nitrogen and oxygen atoms in total. The zero-order chi connectivity index (χ0) is 8.55. The van der Waals surface area contributed by atoms with Gasteiger partial charge >= 0.3 is 0 Å². The van der Waals surface area contributed by atoms with Gasteiger partial charge in [-0.3, -0.25) is 0 Å². The molecular formula is C12H22. The molecule has 12 heavy (non-hydrogen) atoms. The van der Waals surface area contributed by atoms with Crippen LogP contribution >= 0.6 is 0 Å². The zero-order valence-electron chi connectivity index (χ0n) is 8.55. The van der Waals surface area contributed by atoms with Crippen molar-refractivity contribution in [1.29, 1.82) is 0 Å². The highest BCUT2D eigenvalue weighted by molar-refractivity contribution is 4.84. The Morgan fingerprint density at radius 2 is 1.25 bits per heavy atom. The van der Waals surface area contributed by atoms with Crippen molar-refractivity contribution in [2.75, 3.05) is 0 Å². The van der Waals surface area contributed by atoms with Crippen LogP contribution in [0.3, 0.4) is 0 Å². The van der Waals surface area contributed by atoms with Gasteiger partial charge in [0, 0.05) is 0 Å². The van der Waals surface area contributed by atoms with Gasteiger partial charge in [-0.2, -0.15) is 0 Å². The van der Waals surface area contributed by atoms with Gasteiger partial charge in [-0.1, -0.05) is 26.7 Å². The lowest BCUT2D eigenvalue weighted by Gasteiger charge is -2.41. The Morgan fingerprint density at radius 3 is 1.75 bits per heavy atom. The molecule has 0 aromatic heterocycles. The van der Waals surface area contributed by atoms with Gasteiger partial charge in [-0.25, -0.2) is 0 Å². The maximum atomic E-state index is 2.42. The maximum Gasteiger partial charge on any atom is -0.0381 e. The molecule has 0 N–H and O–H groups in total. The Balaban J connectivity index is 1.75. The average molecular weight is 166 g/mol. The van der Waals surface area contributed by atoms with Crippen LogP contribution in [0, 0.1) is 23.7 Å². The summed E-state index contributed by atoms with van der Waals surface area (Å²) in [7, 11) is 0. The van der Waals surface area contributed by atoms with Crippen LogP contribution in [0.1, 0.15) is 52.4 Å². The van der Waals surface area contributed by atoms with E-state index in [9.17, 15) is 0 Å². The molecule has 2 rings (SSSR count). The third kappa shape index (κ3) is 1.67. The number of rotatable bonds is 1. The molecule has 0 amide bonds. The van der Waals surface area contributed by atoms with Crippen molar-refractivity contribution in [1.82, 2.24) is 0 Å². The molecule has 0 aliphatic heterocycles. The van der Waals surface area contributed by atoms with Crippen molar-refractivity contribution in [3.05, 3.63) is 0 Å². The molecule has 0 radical (unpaired) electrons. The van der Waals surface area contributed by atoms with Crippen molar-refractivity contribution in [3.63, 3.8) is 0 Å². The lowest BCUT2D eigenvalue weighted by atomic mass is 9.64. The van der Waals surface area contributed by atoms with Crippen LogP contribution in [0.5, 0.6) is 0 Å². The van der Waals surface area contributed by atoms with Crippen LogP contribution < -0.4 is 0 Å². The van der Waals surface area contributed by atoms with E-state index in [1.807, 2.05) is 0 Å². The first-order valence-electron chi connectivity index (χ1n) is 5.75. The molecule has 0 unspecified atom stereocenters. The van der Waals surface area contributed by atoms with Gasteiger partial charge in [0.2, 0.25) is 0 Å². The van der Waals surface area contributed by atoms with Gasteiger partial charge in [-0.15, -0.1) is 0 Å². The summed E-state index contributed by atoms with van der Waals surface area (Å²) in [6, 6.07) is 0. The Labute approximate surface area is 76.7 Å². The predicted molar refractivity (Wildman–Crippen MR) is 53.0 cm³/mol. The summed E-state index contributed by atoms with van der Waals surface area (Å²) in [5, 5.41) is 0. The summed E-state index contributed by atoms with van der Waals surface area (Å²) in [5.74, 6) is 4.33. The van der Waals surface area contributed by atoms with Gasteiger partial charge in [0.15, 0.2) is 0 Å². The normalized spacial score (nSPS) is 48.5. The van der Waals surface area contributed by atoms with E-state index in [2.05, 4.69) is 13.8 Å². The van der Waals surface area contributed by atoms with Crippen LogP contribution in [0.15, 0.2) is 0 Å². The Hall–Kier alpha value is 0. The predicted octanol–water partition coefficient (Wildman–Crippen LogP) is 3.86. The molecule has 0 heteroatoms. The van der Waals surface area contributed by atoms with E-state index >= 15 is 0 Å². The summed E-state index contributed by atoms with van der Waals surface area (Å²) in [6.07, 6.45) is 9.18. The number of hydrogen-bond donors (Lipinski definition) is 0. The molecule has 0 aromatic rings. The minimum Gasteiger partial charge on any atom is -0.0625 e. The maximum absolute atomic E-state index is 2.42. The summed E-state index contributed by atoms with van der Waals surface area (Å²) >= 11 is 0. The fourth-order valence-electron chi connectivity index (χ4n) is 3.11. The highest BCUT2D eigenvalue weighted by atomic mass is 14.4. The van der Waals surface area contributed by atoms with Crippen LogP contribution in [-0.2, 0) is 0 Å². The summed E-state index contributed by atoms with van der Waals surface area (Å²) in [5.41, 5.74) is 0. The zero-order valence-corrected chi connectivity index (χ0v) is 8.55. The Morgan fingerprint density at radius 1 is 0.667 bits per heavy atom. The fraction of sp³-hybridized carbons (Fsp3) is 1.00. The molecule has 0 atom stereocenters. The first-order valence-corrected chi connectivity index (χ1v) is 5.75. The van der Waals surface area contributed by atoms with E-state index in [-0.39, 0.29) is 0 Å². The first-order chi connectivity index (χ1) is 5.75. The lowest BCUT2D eigenvalue weighted by Crippen LogP contribution is -2.30. The molecule has 0 aromatic carbocycles. The monoisotopic (exact) mass is 166 g/mol. The van der Waals surface area contributed by atoms with E-state index in [0.29, 0.717) is 0 Å². The van der Waals surface area contributed by atoms with E-state index in [1.54, 1.807) is 25.7 Å². The summed E-state index contributed by atoms with van der Waals surface area (Å²) < 4.78 is 0. The molecule has 2 aliphatic carbocycles. The van der Waals surface area contributed by atoms with E-state index < -0.39 is 0 Å². The van der Waals surface area contributed by atoms with Gasteiger partial charge in [0.05, 0.1) is 0 Å². The van der Waals surface area contributed by atoms with Gasteiger partial charge in [-0.05, 0) is 49.4 Å². The van der Waals surface area contributed by atoms with E-state index in [4.69, 9.17) is 0 Å². The second kappa shape index (κ2) is 3.40. The summed E-state index contributed by atoms with van der Waals surface area (Å²) in [6.45, 7) is 4.82. The quantitative estimate of drug-likeness (QED) is 0.555. The molecule has 2 saturated carbocycles. The minimum atomic E-state index is 1.03. The van der Waals surface area contributed by atoms with Gasteiger partial charge < -0.3 is 0 Å². The topological polar surface area (TPSA) is 0 Å². The first kappa shape index (κ1) is 8.59. The van der Waals surface area contributed by atoms with E-state index in [1.165, 1.54) is 12.8 Å². The van der Waals surface area contributed by atoms with Crippen molar-refractivity contribution < 1.29 is 0 Å².